The van der Waals surface area contributed by atoms with E-state index in [-0.39, 0.29) is 18.0 Å². The van der Waals surface area contributed by atoms with Gasteiger partial charge >= 0.3 is 5.97 Å². The molecule has 0 aliphatic rings. The minimum absolute atomic E-state index is 0.00806. The Morgan fingerprint density at radius 3 is 2.47 bits per heavy atom. The number of aromatic nitrogens is 2. The first-order chi connectivity index (χ1) is 17.5. The van der Waals surface area contributed by atoms with Crippen molar-refractivity contribution in [2.45, 2.75) is 12.8 Å². The van der Waals surface area contributed by atoms with Gasteiger partial charge in [0.05, 0.1) is 49.5 Å². The first-order valence-electron chi connectivity index (χ1n) is 11.3. The van der Waals surface area contributed by atoms with Gasteiger partial charge in [0.25, 0.3) is 5.69 Å². The molecular weight excluding hydrogens is 472 g/mol. The molecule has 36 heavy (non-hydrogen) atoms. The number of para-hydroxylation sites is 1. The molecule has 0 saturated heterocycles. The summed E-state index contributed by atoms with van der Waals surface area (Å²) >= 11 is 0. The van der Waals surface area contributed by atoms with E-state index in [9.17, 15) is 19.7 Å². The molecule has 2 aromatic carbocycles. The number of hydrogen-bond donors (Lipinski definition) is 2. The monoisotopic (exact) mass is 500 g/mol. The molecule has 192 valence electrons. The van der Waals surface area contributed by atoms with Crippen molar-refractivity contribution < 1.29 is 33.5 Å². The van der Waals surface area contributed by atoms with E-state index in [4.69, 9.17) is 18.9 Å². The van der Waals surface area contributed by atoms with Crippen molar-refractivity contribution in [2.24, 2.45) is 0 Å². The summed E-state index contributed by atoms with van der Waals surface area (Å²) < 4.78 is 21.0. The molecule has 0 atom stereocenters. The lowest BCUT2D eigenvalue weighted by Gasteiger charge is -2.08. The van der Waals surface area contributed by atoms with E-state index in [1.54, 1.807) is 12.1 Å². The van der Waals surface area contributed by atoms with Gasteiger partial charge in [-0.1, -0.05) is 6.07 Å². The zero-order valence-electron chi connectivity index (χ0n) is 19.9. The molecule has 0 radical (unpaired) electrons. The molecule has 2 N–H and O–H groups in total. The maximum Gasteiger partial charge on any atom is 0.340 e. The predicted molar refractivity (Wildman–Crippen MR) is 129 cm³/mol. The topological polar surface area (TPSA) is 155 Å². The molecule has 3 rings (SSSR count). The highest BCUT2D eigenvalue weighted by Gasteiger charge is 2.14. The number of ether oxygens (including phenoxy) is 4. The molecule has 0 saturated carbocycles. The number of rotatable bonds is 15. The van der Waals surface area contributed by atoms with Crippen LogP contribution in [0.5, 0.6) is 5.75 Å². The second-order valence-corrected chi connectivity index (χ2v) is 7.55. The molecule has 0 bridgehead atoms. The second-order valence-electron chi connectivity index (χ2n) is 7.55. The summed E-state index contributed by atoms with van der Waals surface area (Å²) in [6, 6.07) is 11.0. The van der Waals surface area contributed by atoms with Gasteiger partial charge in [0, 0.05) is 31.5 Å². The van der Waals surface area contributed by atoms with Crippen LogP contribution in [0.25, 0.3) is 11.0 Å². The van der Waals surface area contributed by atoms with E-state index in [2.05, 4.69) is 15.3 Å². The van der Waals surface area contributed by atoms with Gasteiger partial charge in [-0.2, -0.15) is 0 Å². The highest BCUT2D eigenvalue weighted by molar-refractivity contribution is 6.01. The van der Waals surface area contributed by atoms with Crippen LogP contribution in [-0.2, 0) is 25.4 Å². The second kappa shape index (κ2) is 13.8. The average molecular weight is 501 g/mol. The van der Waals surface area contributed by atoms with Gasteiger partial charge in [-0.05, 0) is 24.3 Å². The Kier molecular flexibility index (Phi) is 10.2. The summed E-state index contributed by atoms with van der Waals surface area (Å²) in [5.74, 6) is 0.550. The van der Waals surface area contributed by atoms with E-state index in [0.717, 1.165) is 0 Å². The summed E-state index contributed by atoms with van der Waals surface area (Å²) in [6.07, 6.45) is 0.642. The Hall–Kier alpha value is -4.03. The molecule has 1 aromatic heterocycles. The largest absolute Gasteiger partial charge is 0.491 e. The number of imidazole rings is 1. The van der Waals surface area contributed by atoms with Gasteiger partial charge in [-0.15, -0.1) is 0 Å². The molecule has 0 aliphatic carbocycles. The fraction of sp³-hybridized carbons (Fsp3) is 0.375. The van der Waals surface area contributed by atoms with Crippen LogP contribution in [0, 0.1) is 10.1 Å². The molecule has 0 spiro atoms. The number of amides is 1. The number of aromatic amines is 1. The van der Waals surface area contributed by atoms with E-state index >= 15 is 0 Å². The lowest BCUT2D eigenvalue weighted by molar-refractivity contribution is -0.384. The van der Waals surface area contributed by atoms with Crippen LogP contribution in [0.4, 0.5) is 5.69 Å². The van der Waals surface area contributed by atoms with Crippen LogP contribution in [0.3, 0.4) is 0 Å². The van der Waals surface area contributed by atoms with Crippen LogP contribution in [0.1, 0.15) is 22.6 Å². The van der Waals surface area contributed by atoms with E-state index in [1.165, 1.54) is 31.4 Å². The molecule has 0 unspecified atom stereocenters. The van der Waals surface area contributed by atoms with Crippen LogP contribution < -0.4 is 10.1 Å². The fourth-order valence-corrected chi connectivity index (χ4v) is 3.26. The lowest BCUT2D eigenvalue weighted by Crippen LogP contribution is -2.28. The number of aryl methyl sites for hydroxylation is 1. The number of benzene rings is 2. The minimum atomic E-state index is -0.468. The van der Waals surface area contributed by atoms with Crippen molar-refractivity contribution in [1.82, 2.24) is 15.3 Å². The zero-order valence-corrected chi connectivity index (χ0v) is 19.9. The van der Waals surface area contributed by atoms with Crippen LogP contribution in [0.15, 0.2) is 42.5 Å². The summed E-state index contributed by atoms with van der Waals surface area (Å²) in [4.78, 5) is 41.6. The third kappa shape index (κ3) is 8.03. The third-order valence-electron chi connectivity index (χ3n) is 5.04. The number of carbonyl (C=O) groups excluding carboxylic acids is 2. The van der Waals surface area contributed by atoms with Crippen molar-refractivity contribution in [2.75, 3.05) is 46.7 Å². The molecule has 1 amide bonds. The van der Waals surface area contributed by atoms with Gasteiger partial charge in [0.1, 0.15) is 23.7 Å². The Morgan fingerprint density at radius 2 is 1.75 bits per heavy atom. The highest BCUT2D eigenvalue weighted by Crippen LogP contribution is 2.18. The first kappa shape index (κ1) is 26.6. The predicted octanol–water partition coefficient (Wildman–Crippen LogP) is 2.42. The fourth-order valence-electron chi connectivity index (χ4n) is 3.26. The summed E-state index contributed by atoms with van der Waals surface area (Å²) in [6.45, 7) is 2.12. The number of esters is 1. The van der Waals surface area contributed by atoms with Gasteiger partial charge in [0.2, 0.25) is 5.91 Å². The van der Waals surface area contributed by atoms with E-state index < -0.39 is 10.9 Å². The van der Waals surface area contributed by atoms with Crippen molar-refractivity contribution in [3.05, 3.63) is 64.0 Å². The molecule has 0 fully saturated rings. The SMILES string of the molecule is COC(=O)c1cccc2[nH]c(CCC(=O)NCCOCCOCCOc3ccc([N+](=O)[O-])cc3)nc12. The lowest BCUT2D eigenvalue weighted by atomic mass is 10.2. The van der Waals surface area contributed by atoms with E-state index in [1.807, 2.05) is 6.07 Å². The highest BCUT2D eigenvalue weighted by atomic mass is 16.6. The summed E-state index contributed by atoms with van der Waals surface area (Å²) in [7, 11) is 1.32. The normalized spacial score (nSPS) is 10.8. The van der Waals surface area contributed by atoms with Gasteiger partial charge < -0.3 is 29.2 Å². The van der Waals surface area contributed by atoms with Gasteiger partial charge in [-0.3, -0.25) is 14.9 Å². The number of fused-ring (bicyclic) bond motifs is 1. The number of hydrogen-bond acceptors (Lipinski definition) is 9. The minimum Gasteiger partial charge on any atom is -0.491 e. The maximum absolute atomic E-state index is 12.1. The van der Waals surface area contributed by atoms with Crippen molar-refractivity contribution in [1.29, 1.82) is 0 Å². The standard InChI is InChI=1S/C24H28N4O8/c1-33-24(30)19-3-2-4-20-23(19)27-21(26-20)9-10-22(29)25-11-12-34-13-14-35-15-16-36-18-7-5-17(6-8-18)28(31)32/h2-8H,9-16H2,1H3,(H,25,29)(H,26,27). The van der Waals surface area contributed by atoms with Crippen LogP contribution >= 0.6 is 0 Å². The van der Waals surface area contributed by atoms with Crippen molar-refractivity contribution in [3.8, 4) is 5.75 Å². The molecule has 3 aromatic rings. The Morgan fingerprint density at radius 1 is 1.03 bits per heavy atom. The van der Waals surface area contributed by atoms with Crippen molar-refractivity contribution in [3.63, 3.8) is 0 Å². The number of carbonyl (C=O) groups is 2. The number of nitrogens with zero attached hydrogens (tertiary/aromatic N) is 2. The number of non-ortho nitro benzene ring substituents is 1. The third-order valence-corrected chi connectivity index (χ3v) is 5.04. The number of methoxy groups -OCH3 is 1. The summed E-state index contributed by atoms with van der Waals surface area (Å²) in [5.41, 5.74) is 1.61. The van der Waals surface area contributed by atoms with Crippen LogP contribution in [0.2, 0.25) is 0 Å². The molecule has 12 nitrogen and oxygen atoms in total. The molecule has 1 heterocycles. The quantitative estimate of drug-likeness (QED) is 0.138. The molecular formula is C24H28N4O8. The number of nitro groups is 1. The maximum atomic E-state index is 12.1. The molecule has 0 aliphatic heterocycles. The van der Waals surface area contributed by atoms with Crippen LogP contribution in [-0.4, -0.2) is 73.5 Å². The Bertz CT molecular complexity index is 1160. The van der Waals surface area contributed by atoms with Crippen molar-refractivity contribution >= 4 is 28.6 Å². The Labute approximate surface area is 207 Å². The van der Waals surface area contributed by atoms with Gasteiger partial charge in [0.15, 0.2) is 0 Å². The Balaban J connectivity index is 1.21. The van der Waals surface area contributed by atoms with E-state index in [0.29, 0.717) is 74.2 Å². The smallest absolute Gasteiger partial charge is 0.340 e. The zero-order chi connectivity index (χ0) is 25.8. The molecule has 12 heteroatoms. The summed E-state index contributed by atoms with van der Waals surface area (Å²) in [5, 5.41) is 13.4. The first-order valence-corrected chi connectivity index (χ1v) is 11.3. The number of nitrogens with one attached hydrogen (secondary N) is 2. The number of nitro benzene ring substituents is 1. The van der Waals surface area contributed by atoms with Gasteiger partial charge in [-0.25, -0.2) is 9.78 Å². The average Bonchev–Trinajstić information content (AvgIpc) is 3.31. The number of H-pyrrole nitrogens is 1.